The minimum absolute atomic E-state index is 0.0798. The van der Waals surface area contributed by atoms with Crippen molar-refractivity contribution in [1.29, 1.82) is 0 Å². The molecule has 1 N–H and O–H groups in total. The molecule has 0 saturated heterocycles. The molecule has 0 amide bonds. The second kappa shape index (κ2) is 7.74. The second-order valence-corrected chi connectivity index (χ2v) is 5.90. The minimum Gasteiger partial charge on any atom is -0.494 e. The van der Waals surface area contributed by atoms with E-state index in [1.165, 1.54) is 7.11 Å². The van der Waals surface area contributed by atoms with Crippen molar-refractivity contribution < 1.29 is 22.7 Å². The second-order valence-electron chi connectivity index (χ2n) is 4.06. The number of carbonyl (C=O) groups excluding carboxylic acids is 1. The van der Waals surface area contributed by atoms with Gasteiger partial charge < -0.3 is 9.47 Å². The summed E-state index contributed by atoms with van der Waals surface area (Å²) in [5.74, 6) is 0.0434. The molecule has 6 nitrogen and oxygen atoms in total. The fraction of sp³-hybridized carbons (Fsp3) is 0.462. The smallest absolute Gasteiger partial charge is 0.305 e. The van der Waals surface area contributed by atoms with Gasteiger partial charge in [0.15, 0.2) is 0 Å². The van der Waals surface area contributed by atoms with Crippen LogP contribution in [0.2, 0.25) is 0 Å². The number of hydrogen-bond donors (Lipinski definition) is 1. The van der Waals surface area contributed by atoms with Crippen LogP contribution in [0.15, 0.2) is 24.3 Å². The first kappa shape index (κ1) is 16.3. The van der Waals surface area contributed by atoms with Crippen LogP contribution in [-0.4, -0.2) is 33.9 Å². The molecule has 0 aliphatic rings. The summed E-state index contributed by atoms with van der Waals surface area (Å²) in [7, 11) is -2.21. The van der Waals surface area contributed by atoms with E-state index < -0.39 is 16.0 Å². The Labute approximate surface area is 119 Å². The van der Waals surface area contributed by atoms with Gasteiger partial charge in [0.2, 0.25) is 10.0 Å². The van der Waals surface area contributed by atoms with E-state index in [0.29, 0.717) is 18.0 Å². The topological polar surface area (TPSA) is 81.7 Å². The van der Waals surface area contributed by atoms with Gasteiger partial charge in [0.05, 0.1) is 25.2 Å². The van der Waals surface area contributed by atoms with E-state index in [9.17, 15) is 13.2 Å². The van der Waals surface area contributed by atoms with Gasteiger partial charge in [-0.05, 0) is 25.5 Å². The average molecular weight is 301 g/mol. The van der Waals surface area contributed by atoms with Crippen LogP contribution in [0.3, 0.4) is 0 Å². The van der Waals surface area contributed by atoms with Gasteiger partial charge in [-0.2, -0.15) is 0 Å². The van der Waals surface area contributed by atoms with Crippen molar-refractivity contribution in [1.82, 2.24) is 0 Å². The van der Waals surface area contributed by atoms with Crippen molar-refractivity contribution in [3.05, 3.63) is 24.3 Å². The lowest BCUT2D eigenvalue weighted by molar-refractivity contribution is -0.140. The van der Waals surface area contributed by atoms with E-state index in [1.54, 1.807) is 24.3 Å². The molecule has 0 radical (unpaired) electrons. The number of methoxy groups -OCH3 is 1. The van der Waals surface area contributed by atoms with Crippen molar-refractivity contribution in [2.75, 3.05) is 24.2 Å². The number of esters is 1. The van der Waals surface area contributed by atoms with Crippen molar-refractivity contribution in [3.8, 4) is 5.75 Å². The molecule has 0 bridgehead atoms. The number of nitrogens with one attached hydrogen (secondary N) is 1. The van der Waals surface area contributed by atoms with E-state index in [2.05, 4.69) is 9.46 Å². The molecule has 7 heteroatoms. The van der Waals surface area contributed by atoms with Crippen LogP contribution < -0.4 is 9.46 Å². The van der Waals surface area contributed by atoms with E-state index in [-0.39, 0.29) is 18.6 Å². The standard InChI is InChI=1S/C13H19NO5S/c1-3-19-12-7-4-6-11(10-12)14-20(16,17)9-5-8-13(15)18-2/h4,6-7,10,14H,3,5,8-9H2,1-2H3. The normalized spacial score (nSPS) is 10.9. The van der Waals surface area contributed by atoms with Gasteiger partial charge >= 0.3 is 5.97 Å². The van der Waals surface area contributed by atoms with E-state index in [0.717, 1.165) is 0 Å². The largest absolute Gasteiger partial charge is 0.494 e. The molecule has 112 valence electrons. The van der Waals surface area contributed by atoms with Crippen molar-refractivity contribution >= 4 is 21.7 Å². The highest BCUT2D eigenvalue weighted by molar-refractivity contribution is 7.92. The van der Waals surface area contributed by atoms with Gasteiger partial charge in [0.1, 0.15) is 5.75 Å². The third-order valence-electron chi connectivity index (χ3n) is 2.44. The first-order chi connectivity index (χ1) is 9.46. The lowest BCUT2D eigenvalue weighted by Crippen LogP contribution is -2.17. The summed E-state index contributed by atoms with van der Waals surface area (Å²) in [4.78, 5) is 10.9. The average Bonchev–Trinajstić information content (AvgIpc) is 2.38. The SMILES string of the molecule is CCOc1cccc(NS(=O)(=O)CCCC(=O)OC)c1. The fourth-order valence-electron chi connectivity index (χ4n) is 1.56. The van der Waals surface area contributed by atoms with Gasteiger partial charge in [-0.25, -0.2) is 8.42 Å². The molecule has 0 spiro atoms. The highest BCUT2D eigenvalue weighted by atomic mass is 32.2. The van der Waals surface area contributed by atoms with E-state index in [4.69, 9.17) is 4.74 Å². The maximum absolute atomic E-state index is 11.8. The number of rotatable bonds is 8. The zero-order valence-corrected chi connectivity index (χ0v) is 12.4. The third-order valence-corrected chi connectivity index (χ3v) is 3.81. The molecule has 0 heterocycles. The zero-order valence-electron chi connectivity index (χ0n) is 11.6. The maximum atomic E-state index is 11.8. The number of ether oxygens (including phenoxy) is 2. The zero-order chi connectivity index (χ0) is 15.0. The Kier molecular flexibility index (Phi) is 6.30. The Morgan fingerprint density at radius 2 is 2.10 bits per heavy atom. The van der Waals surface area contributed by atoms with Crippen LogP contribution in [0.25, 0.3) is 0 Å². The summed E-state index contributed by atoms with van der Waals surface area (Å²) < 4.78 is 35.9. The molecule has 0 aliphatic heterocycles. The number of carbonyl (C=O) groups is 1. The molecule has 0 aliphatic carbocycles. The Morgan fingerprint density at radius 1 is 1.35 bits per heavy atom. The van der Waals surface area contributed by atoms with Gasteiger partial charge in [0.25, 0.3) is 0 Å². The van der Waals surface area contributed by atoms with Crippen LogP contribution in [0.1, 0.15) is 19.8 Å². The number of sulfonamides is 1. The Balaban J connectivity index is 2.57. The van der Waals surface area contributed by atoms with Crippen LogP contribution >= 0.6 is 0 Å². The number of benzene rings is 1. The Bertz CT molecular complexity index is 541. The van der Waals surface area contributed by atoms with Gasteiger partial charge in [0, 0.05) is 12.5 Å². The first-order valence-corrected chi connectivity index (χ1v) is 7.92. The lowest BCUT2D eigenvalue weighted by Gasteiger charge is -2.09. The molecule has 0 unspecified atom stereocenters. The molecular formula is C13H19NO5S. The fourth-order valence-corrected chi connectivity index (χ4v) is 2.67. The van der Waals surface area contributed by atoms with Crippen LogP contribution in [0, 0.1) is 0 Å². The molecule has 1 rings (SSSR count). The quantitative estimate of drug-likeness (QED) is 0.740. The highest BCUT2D eigenvalue weighted by Crippen LogP contribution is 2.18. The van der Waals surface area contributed by atoms with Crippen molar-refractivity contribution in [3.63, 3.8) is 0 Å². The monoisotopic (exact) mass is 301 g/mol. The highest BCUT2D eigenvalue weighted by Gasteiger charge is 2.12. The van der Waals surface area contributed by atoms with Crippen LogP contribution in [0.5, 0.6) is 5.75 Å². The number of anilines is 1. The molecule has 0 aromatic heterocycles. The van der Waals surface area contributed by atoms with Gasteiger partial charge in [-0.1, -0.05) is 6.07 Å². The predicted octanol–water partition coefficient (Wildman–Crippen LogP) is 1.78. The van der Waals surface area contributed by atoms with Gasteiger partial charge in [-0.3, -0.25) is 9.52 Å². The Hall–Kier alpha value is -1.76. The van der Waals surface area contributed by atoms with Crippen molar-refractivity contribution in [2.24, 2.45) is 0 Å². The Morgan fingerprint density at radius 3 is 2.75 bits per heavy atom. The van der Waals surface area contributed by atoms with E-state index >= 15 is 0 Å². The molecule has 1 aromatic carbocycles. The van der Waals surface area contributed by atoms with Crippen molar-refractivity contribution in [2.45, 2.75) is 19.8 Å². The summed E-state index contributed by atoms with van der Waals surface area (Å²) in [6.45, 7) is 2.36. The molecule has 0 atom stereocenters. The predicted molar refractivity (Wildman–Crippen MR) is 76.3 cm³/mol. The number of hydrogen-bond acceptors (Lipinski definition) is 5. The molecule has 0 saturated carbocycles. The summed E-state index contributed by atoms with van der Waals surface area (Å²) in [6.07, 6.45) is 0.295. The third kappa shape index (κ3) is 5.92. The molecular weight excluding hydrogens is 282 g/mol. The van der Waals surface area contributed by atoms with Crippen LogP contribution in [-0.2, 0) is 19.6 Å². The molecule has 0 fully saturated rings. The summed E-state index contributed by atoms with van der Waals surface area (Å²) in [5.41, 5.74) is 0.439. The van der Waals surface area contributed by atoms with Crippen LogP contribution in [0.4, 0.5) is 5.69 Å². The van der Waals surface area contributed by atoms with E-state index in [1.807, 2.05) is 6.92 Å². The molecule has 1 aromatic rings. The lowest BCUT2D eigenvalue weighted by atomic mass is 10.3. The summed E-state index contributed by atoms with van der Waals surface area (Å²) in [5, 5.41) is 0. The maximum Gasteiger partial charge on any atom is 0.305 e. The summed E-state index contributed by atoms with van der Waals surface area (Å²) in [6, 6.07) is 6.71. The van der Waals surface area contributed by atoms with Gasteiger partial charge in [-0.15, -0.1) is 0 Å². The molecule has 20 heavy (non-hydrogen) atoms. The minimum atomic E-state index is -3.48. The first-order valence-electron chi connectivity index (χ1n) is 6.27. The summed E-state index contributed by atoms with van der Waals surface area (Å²) >= 11 is 0.